The Morgan fingerprint density at radius 1 is 1.18 bits per heavy atom. The van der Waals surface area contributed by atoms with E-state index in [1.165, 1.54) is 11.1 Å². The fourth-order valence-electron chi connectivity index (χ4n) is 3.41. The van der Waals surface area contributed by atoms with Crippen LogP contribution in [0, 0.1) is 12.8 Å². The van der Waals surface area contributed by atoms with Crippen LogP contribution in [0.5, 0.6) is 0 Å². The van der Waals surface area contributed by atoms with Gasteiger partial charge in [-0.25, -0.2) is 0 Å². The molecule has 1 aromatic heterocycles. The number of rotatable bonds is 10. The lowest BCUT2D eigenvalue weighted by Crippen LogP contribution is -2.32. The molecule has 0 bridgehead atoms. The fourth-order valence-corrected chi connectivity index (χ4v) is 4.81. The minimum Gasteiger partial charge on any atom is -0.342 e. The number of hydrogen-bond acceptors (Lipinski definition) is 4. The molecule has 0 fully saturated rings. The van der Waals surface area contributed by atoms with Gasteiger partial charge in [0.05, 0.1) is 16.6 Å². The SMILES string of the molecule is C=CCn1c(SCc2ccc(C)cc2)nnc1[C@@H](CC(C)C)NC(=O)c1ccc(Cl)cc1Cl. The van der Waals surface area contributed by atoms with Gasteiger partial charge >= 0.3 is 0 Å². The van der Waals surface area contributed by atoms with E-state index < -0.39 is 0 Å². The molecule has 33 heavy (non-hydrogen) atoms. The third kappa shape index (κ3) is 6.85. The van der Waals surface area contributed by atoms with Crippen molar-refractivity contribution in [2.24, 2.45) is 5.92 Å². The summed E-state index contributed by atoms with van der Waals surface area (Å²) in [4.78, 5) is 13.0. The summed E-state index contributed by atoms with van der Waals surface area (Å²) in [6, 6.07) is 13.0. The molecule has 1 heterocycles. The van der Waals surface area contributed by atoms with Crippen LogP contribution in [0.1, 0.15) is 53.6 Å². The average Bonchev–Trinajstić information content (AvgIpc) is 3.15. The molecule has 0 aliphatic carbocycles. The molecule has 0 aliphatic rings. The first kappa shape index (κ1) is 25.3. The van der Waals surface area contributed by atoms with Crippen molar-refractivity contribution in [2.75, 3.05) is 0 Å². The van der Waals surface area contributed by atoms with Gasteiger partial charge in [0.15, 0.2) is 11.0 Å². The highest BCUT2D eigenvalue weighted by Crippen LogP contribution is 2.28. The molecule has 0 saturated carbocycles. The highest BCUT2D eigenvalue weighted by Gasteiger charge is 2.25. The second kappa shape index (κ2) is 11.7. The van der Waals surface area contributed by atoms with Crippen LogP contribution in [0.25, 0.3) is 0 Å². The molecule has 174 valence electrons. The molecule has 3 rings (SSSR count). The molecule has 5 nitrogen and oxygen atoms in total. The third-order valence-corrected chi connectivity index (χ3v) is 6.63. The first-order chi connectivity index (χ1) is 15.8. The molecule has 0 saturated heterocycles. The maximum absolute atomic E-state index is 13.0. The number of benzene rings is 2. The Morgan fingerprint density at radius 3 is 2.55 bits per heavy atom. The number of nitrogens with one attached hydrogen (secondary N) is 1. The van der Waals surface area contributed by atoms with E-state index in [1.807, 2.05) is 10.6 Å². The summed E-state index contributed by atoms with van der Waals surface area (Å²) in [7, 11) is 0. The fraction of sp³-hybridized carbons (Fsp3) is 0.320. The number of halogens is 2. The van der Waals surface area contributed by atoms with E-state index in [9.17, 15) is 4.79 Å². The predicted octanol–water partition coefficient (Wildman–Crippen LogP) is 6.89. The van der Waals surface area contributed by atoms with E-state index in [2.05, 4.69) is 67.1 Å². The van der Waals surface area contributed by atoms with E-state index in [4.69, 9.17) is 23.2 Å². The van der Waals surface area contributed by atoms with Crippen molar-refractivity contribution in [1.29, 1.82) is 0 Å². The first-order valence-corrected chi connectivity index (χ1v) is 12.5. The van der Waals surface area contributed by atoms with E-state index >= 15 is 0 Å². The molecule has 1 atom stereocenters. The van der Waals surface area contributed by atoms with Crippen molar-refractivity contribution < 1.29 is 4.79 Å². The quantitative estimate of drug-likeness (QED) is 0.242. The summed E-state index contributed by atoms with van der Waals surface area (Å²) in [5.41, 5.74) is 2.82. The zero-order valence-corrected chi connectivity index (χ0v) is 21.3. The van der Waals surface area contributed by atoms with Crippen molar-refractivity contribution in [3.63, 3.8) is 0 Å². The van der Waals surface area contributed by atoms with E-state index in [0.29, 0.717) is 40.3 Å². The minimum absolute atomic E-state index is 0.274. The summed E-state index contributed by atoms with van der Waals surface area (Å²) < 4.78 is 2.02. The van der Waals surface area contributed by atoms with Gasteiger partial charge in [-0.05, 0) is 43.0 Å². The average molecular weight is 503 g/mol. The van der Waals surface area contributed by atoms with Gasteiger partial charge in [-0.3, -0.25) is 4.79 Å². The lowest BCUT2D eigenvalue weighted by Gasteiger charge is -2.21. The van der Waals surface area contributed by atoms with Gasteiger partial charge in [-0.1, -0.05) is 84.7 Å². The molecule has 1 amide bonds. The second-order valence-corrected chi connectivity index (χ2v) is 10.1. The van der Waals surface area contributed by atoms with Gasteiger partial charge in [0.2, 0.25) is 0 Å². The molecule has 8 heteroatoms. The normalized spacial score (nSPS) is 12.1. The number of allylic oxidation sites excluding steroid dienone is 1. The van der Waals surface area contributed by atoms with Gasteiger partial charge in [-0.15, -0.1) is 16.8 Å². The van der Waals surface area contributed by atoms with E-state index in [-0.39, 0.29) is 11.9 Å². The van der Waals surface area contributed by atoms with Crippen molar-refractivity contribution in [3.05, 3.63) is 87.7 Å². The molecule has 0 aliphatic heterocycles. The Kier molecular flexibility index (Phi) is 9.01. The maximum Gasteiger partial charge on any atom is 0.253 e. The van der Waals surface area contributed by atoms with Crippen LogP contribution in [-0.2, 0) is 12.3 Å². The summed E-state index contributed by atoms with van der Waals surface area (Å²) in [5.74, 6) is 1.53. The topological polar surface area (TPSA) is 59.8 Å². The molecule has 1 N–H and O–H groups in total. The van der Waals surface area contributed by atoms with Crippen molar-refractivity contribution in [3.8, 4) is 0 Å². The Labute approximate surface area is 209 Å². The summed E-state index contributed by atoms with van der Waals surface area (Å²) in [6.45, 7) is 10.7. The molecule has 0 spiro atoms. The number of hydrogen-bond donors (Lipinski definition) is 1. The summed E-state index contributed by atoms with van der Waals surface area (Å²) in [5, 5.41) is 13.6. The van der Waals surface area contributed by atoms with Gasteiger partial charge in [0.1, 0.15) is 0 Å². The zero-order chi connectivity index (χ0) is 24.0. The molecular formula is C25H28Cl2N4OS. The Balaban J connectivity index is 1.85. The second-order valence-electron chi connectivity index (χ2n) is 8.29. The molecule has 3 aromatic rings. The van der Waals surface area contributed by atoms with Crippen LogP contribution >= 0.6 is 35.0 Å². The number of aromatic nitrogens is 3. The van der Waals surface area contributed by atoms with Crippen LogP contribution < -0.4 is 5.32 Å². The molecular weight excluding hydrogens is 475 g/mol. The maximum atomic E-state index is 13.0. The van der Waals surface area contributed by atoms with Gasteiger partial charge in [0, 0.05) is 17.3 Å². The van der Waals surface area contributed by atoms with Gasteiger partial charge in [0.25, 0.3) is 5.91 Å². The van der Waals surface area contributed by atoms with Crippen LogP contribution in [0.2, 0.25) is 10.0 Å². The van der Waals surface area contributed by atoms with Crippen molar-refractivity contribution >= 4 is 40.9 Å². The smallest absolute Gasteiger partial charge is 0.253 e. The van der Waals surface area contributed by atoms with Crippen molar-refractivity contribution in [1.82, 2.24) is 20.1 Å². The van der Waals surface area contributed by atoms with Crippen LogP contribution in [-0.4, -0.2) is 20.7 Å². The highest BCUT2D eigenvalue weighted by molar-refractivity contribution is 7.98. The number of carbonyl (C=O) groups excluding carboxylic acids is 1. The zero-order valence-electron chi connectivity index (χ0n) is 19.0. The molecule has 0 unspecified atom stereocenters. The standard InChI is InChI=1S/C25H28Cl2N4OS/c1-5-12-31-23(29-30-25(31)33-15-18-8-6-17(4)7-9-18)22(13-16(2)3)28-24(32)20-11-10-19(26)14-21(20)27/h5-11,14,16,22H,1,12-13,15H2,2-4H3,(H,28,32)/t22-/m1/s1. The number of aryl methyl sites for hydroxylation is 1. The lowest BCUT2D eigenvalue weighted by molar-refractivity contribution is 0.0929. The van der Waals surface area contributed by atoms with Crippen LogP contribution in [0.4, 0.5) is 0 Å². The van der Waals surface area contributed by atoms with Gasteiger partial charge in [-0.2, -0.15) is 0 Å². The monoisotopic (exact) mass is 502 g/mol. The highest BCUT2D eigenvalue weighted by atomic mass is 35.5. The third-order valence-electron chi connectivity index (χ3n) is 5.05. The number of thioether (sulfide) groups is 1. The van der Waals surface area contributed by atoms with Crippen LogP contribution in [0.3, 0.4) is 0 Å². The predicted molar refractivity (Wildman–Crippen MR) is 137 cm³/mol. The molecule has 2 aromatic carbocycles. The summed E-state index contributed by atoms with van der Waals surface area (Å²) >= 11 is 13.9. The summed E-state index contributed by atoms with van der Waals surface area (Å²) in [6.07, 6.45) is 2.52. The number of nitrogens with zero attached hydrogens (tertiary/aromatic N) is 3. The Hall–Kier alpha value is -2.28. The van der Waals surface area contributed by atoms with Crippen molar-refractivity contribution in [2.45, 2.75) is 50.7 Å². The first-order valence-electron chi connectivity index (χ1n) is 10.8. The molecule has 0 radical (unpaired) electrons. The number of amides is 1. The van der Waals surface area contributed by atoms with Gasteiger partial charge < -0.3 is 9.88 Å². The minimum atomic E-state index is -0.328. The lowest BCUT2D eigenvalue weighted by atomic mass is 10.0. The Morgan fingerprint density at radius 2 is 1.91 bits per heavy atom. The van der Waals surface area contributed by atoms with E-state index in [0.717, 1.165) is 10.9 Å². The number of carbonyl (C=O) groups is 1. The largest absolute Gasteiger partial charge is 0.342 e. The Bertz CT molecular complexity index is 1110. The van der Waals surface area contributed by atoms with Crippen LogP contribution in [0.15, 0.2) is 60.3 Å². The van der Waals surface area contributed by atoms with E-state index in [1.54, 1.807) is 30.0 Å².